The smallest absolute Gasteiger partial charge is 0.242 e. The summed E-state index contributed by atoms with van der Waals surface area (Å²) in [5.74, 6) is 0.153. The average molecular weight is 421 g/mol. The number of hydrogen-bond donors (Lipinski definition) is 1. The maximum atomic E-state index is 13.7. The molecule has 2 amide bonds. The fourth-order valence-corrected chi connectivity index (χ4v) is 5.01. The molecule has 1 N–H and O–H groups in total. The summed E-state index contributed by atoms with van der Waals surface area (Å²) in [6.45, 7) is 6.49. The summed E-state index contributed by atoms with van der Waals surface area (Å²) in [5, 5.41) is 7.99. The van der Waals surface area contributed by atoms with Crippen molar-refractivity contribution in [3.8, 4) is 5.69 Å². The van der Waals surface area contributed by atoms with Gasteiger partial charge in [-0.1, -0.05) is 23.7 Å². The van der Waals surface area contributed by atoms with E-state index in [-0.39, 0.29) is 18.2 Å². The minimum atomic E-state index is -1.17. The Morgan fingerprint density at radius 2 is 1.97 bits per heavy atom. The first kappa shape index (κ1) is 18.9. The molecule has 0 saturated carbocycles. The van der Waals surface area contributed by atoms with Gasteiger partial charge in [0.1, 0.15) is 11.2 Å². The van der Waals surface area contributed by atoms with Gasteiger partial charge in [0.15, 0.2) is 0 Å². The highest BCUT2D eigenvalue weighted by Gasteiger charge is 2.57. The second-order valence-corrected chi connectivity index (χ2v) is 8.31. The van der Waals surface area contributed by atoms with Gasteiger partial charge >= 0.3 is 0 Å². The zero-order valence-corrected chi connectivity index (χ0v) is 17.7. The number of halogens is 1. The van der Waals surface area contributed by atoms with Crippen LogP contribution in [0.1, 0.15) is 35.6 Å². The fraction of sp³-hybridized carbons (Fsp3) is 0.261. The van der Waals surface area contributed by atoms with Gasteiger partial charge in [-0.05, 0) is 56.2 Å². The molecule has 2 aliphatic heterocycles. The SMILES string of the molecule is CCN1C(=O)C2(CC(=O)Nc3c2cnn3-c2ccc(C)c(C)c2)c2c(Cl)cccc21. The van der Waals surface area contributed by atoms with Crippen LogP contribution in [0.4, 0.5) is 11.5 Å². The lowest BCUT2D eigenvalue weighted by Gasteiger charge is -2.32. The van der Waals surface area contributed by atoms with Crippen LogP contribution in [0.5, 0.6) is 0 Å². The summed E-state index contributed by atoms with van der Waals surface area (Å²) in [6, 6.07) is 11.5. The van der Waals surface area contributed by atoms with E-state index in [1.807, 2.05) is 51.1 Å². The maximum Gasteiger partial charge on any atom is 0.242 e. The first-order valence-corrected chi connectivity index (χ1v) is 10.3. The lowest BCUT2D eigenvalue weighted by Crippen LogP contribution is -2.46. The number of aromatic nitrogens is 2. The second-order valence-electron chi connectivity index (χ2n) is 7.90. The molecule has 6 nitrogen and oxygen atoms in total. The van der Waals surface area contributed by atoms with Crippen LogP contribution in [0, 0.1) is 13.8 Å². The van der Waals surface area contributed by atoms with Crippen LogP contribution < -0.4 is 10.2 Å². The van der Waals surface area contributed by atoms with E-state index in [1.165, 1.54) is 5.56 Å². The molecule has 1 atom stereocenters. The standard InChI is InChI=1S/C23H21ClN4O2/c1-4-27-18-7-5-6-17(24)20(18)23(22(27)30)11-19(29)26-21-16(23)12-25-28(21)15-9-8-13(2)14(3)10-15/h5-10,12H,4,11H2,1-3H3,(H,26,29). The first-order valence-electron chi connectivity index (χ1n) is 9.95. The van der Waals surface area contributed by atoms with E-state index in [1.54, 1.807) is 21.8 Å². The summed E-state index contributed by atoms with van der Waals surface area (Å²) < 4.78 is 1.69. The first-order chi connectivity index (χ1) is 14.4. The number of carbonyl (C=O) groups excluding carboxylic acids is 2. The number of likely N-dealkylation sites (N-methyl/N-ethyl adjacent to an activating group) is 1. The molecular weight excluding hydrogens is 400 g/mol. The number of anilines is 2. The highest BCUT2D eigenvalue weighted by atomic mass is 35.5. The predicted octanol–water partition coefficient (Wildman–Crippen LogP) is 4.14. The van der Waals surface area contributed by atoms with Crippen molar-refractivity contribution in [2.24, 2.45) is 0 Å². The number of aryl methyl sites for hydroxylation is 2. The van der Waals surface area contributed by atoms with Crippen molar-refractivity contribution in [1.82, 2.24) is 9.78 Å². The van der Waals surface area contributed by atoms with Crippen molar-refractivity contribution < 1.29 is 9.59 Å². The number of carbonyl (C=O) groups is 2. The molecule has 0 saturated heterocycles. The zero-order chi connectivity index (χ0) is 21.2. The molecule has 0 fully saturated rings. The van der Waals surface area contributed by atoms with E-state index in [4.69, 9.17) is 11.6 Å². The van der Waals surface area contributed by atoms with E-state index in [0.29, 0.717) is 28.5 Å². The van der Waals surface area contributed by atoms with Gasteiger partial charge in [0.05, 0.1) is 11.9 Å². The summed E-state index contributed by atoms with van der Waals surface area (Å²) in [5.41, 5.74) is 4.08. The second kappa shape index (κ2) is 6.44. The van der Waals surface area contributed by atoms with Gasteiger partial charge in [-0.3, -0.25) is 9.59 Å². The minimum Gasteiger partial charge on any atom is -0.311 e. The van der Waals surface area contributed by atoms with Crippen LogP contribution in [-0.4, -0.2) is 28.1 Å². The number of nitrogens with zero attached hydrogens (tertiary/aromatic N) is 3. The lowest BCUT2D eigenvalue weighted by atomic mass is 9.71. The van der Waals surface area contributed by atoms with Crippen LogP contribution in [0.25, 0.3) is 5.69 Å². The molecule has 5 rings (SSSR count). The average Bonchev–Trinajstić information content (AvgIpc) is 3.23. The Morgan fingerprint density at radius 1 is 1.17 bits per heavy atom. The van der Waals surface area contributed by atoms with Gasteiger partial charge in [-0.15, -0.1) is 0 Å². The topological polar surface area (TPSA) is 67.2 Å². The molecule has 0 radical (unpaired) electrons. The largest absolute Gasteiger partial charge is 0.311 e. The maximum absolute atomic E-state index is 13.7. The number of benzene rings is 2. The molecule has 1 spiro atoms. The monoisotopic (exact) mass is 420 g/mol. The van der Waals surface area contributed by atoms with Crippen molar-refractivity contribution in [3.63, 3.8) is 0 Å². The van der Waals surface area contributed by atoms with Crippen LogP contribution in [0.15, 0.2) is 42.6 Å². The Bertz CT molecular complexity index is 1230. The van der Waals surface area contributed by atoms with E-state index in [2.05, 4.69) is 10.4 Å². The van der Waals surface area contributed by atoms with Crippen molar-refractivity contribution in [1.29, 1.82) is 0 Å². The summed E-state index contributed by atoms with van der Waals surface area (Å²) in [4.78, 5) is 28.3. The third-order valence-electron chi connectivity index (χ3n) is 6.28. The molecule has 1 aromatic heterocycles. The molecule has 30 heavy (non-hydrogen) atoms. The van der Waals surface area contributed by atoms with Gasteiger partial charge < -0.3 is 10.2 Å². The fourth-order valence-electron chi connectivity index (χ4n) is 4.68. The van der Waals surface area contributed by atoms with Crippen LogP contribution in [0.2, 0.25) is 5.02 Å². The molecule has 2 aliphatic rings. The normalized spacial score (nSPS) is 19.8. The lowest BCUT2D eigenvalue weighted by molar-refractivity contribution is -0.126. The number of nitrogens with one attached hydrogen (secondary N) is 1. The number of fused-ring (bicyclic) bond motifs is 4. The molecule has 1 unspecified atom stereocenters. The summed E-state index contributed by atoms with van der Waals surface area (Å²) in [7, 11) is 0. The Morgan fingerprint density at radius 3 is 2.70 bits per heavy atom. The molecule has 0 aliphatic carbocycles. The Balaban J connectivity index is 1.79. The van der Waals surface area contributed by atoms with E-state index >= 15 is 0 Å². The van der Waals surface area contributed by atoms with Gasteiger partial charge in [0.2, 0.25) is 11.8 Å². The third-order valence-corrected chi connectivity index (χ3v) is 6.60. The molecular formula is C23H21ClN4O2. The Labute approximate surface area is 179 Å². The van der Waals surface area contributed by atoms with Crippen LogP contribution in [0.3, 0.4) is 0 Å². The molecule has 0 bridgehead atoms. The Kier molecular flexibility index (Phi) is 4.05. The zero-order valence-electron chi connectivity index (χ0n) is 17.0. The highest BCUT2D eigenvalue weighted by molar-refractivity contribution is 6.33. The quantitative estimate of drug-likeness (QED) is 0.677. The number of hydrogen-bond acceptors (Lipinski definition) is 3. The molecule has 3 heterocycles. The van der Waals surface area contributed by atoms with E-state index < -0.39 is 5.41 Å². The summed E-state index contributed by atoms with van der Waals surface area (Å²) >= 11 is 6.62. The molecule has 2 aromatic carbocycles. The van der Waals surface area contributed by atoms with Gasteiger partial charge in [0, 0.05) is 34.8 Å². The number of rotatable bonds is 2. The van der Waals surface area contributed by atoms with Crippen molar-refractivity contribution in [2.75, 3.05) is 16.8 Å². The van der Waals surface area contributed by atoms with Gasteiger partial charge in [-0.25, -0.2) is 4.68 Å². The van der Waals surface area contributed by atoms with Crippen LogP contribution in [-0.2, 0) is 15.0 Å². The molecule has 7 heteroatoms. The molecule has 3 aromatic rings. The van der Waals surface area contributed by atoms with Crippen molar-refractivity contribution in [3.05, 3.63) is 69.9 Å². The van der Waals surface area contributed by atoms with Crippen LogP contribution >= 0.6 is 11.6 Å². The third kappa shape index (κ3) is 2.34. The van der Waals surface area contributed by atoms with Crippen molar-refractivity contribution in [2.45, 2.75) is 32.6 Å². The molecule has 152 valence electrons. The summed E-state index contributed by atoms with van der Waals surface area (Å²) in [6.07, 6.45) is 1.69. The Hall–Kier alpha value is -3.12. The van der Waals surface area contributed by atoms with Gasteiger partial charge in [0.25, 0.3) is 0 Å². The van der Waals surface area contributed by atoms with Crippen molar-refractivity contribution >= 4 is 34.9 Å². The van der Waals surface area contributed by atoms with E-state index in [9.17, 15) is 9.59 Å². The number of amides is 2. The highest BCUT2D eigenvalue weighted by Crippen LogP contribution is 2.54. The predicted molar refractivity (Wildman–Crippen MR) is 117 cm³/mol. The minimum absolute atomic E-state index is 0.00465. The van der Waals surface area contributed by atoms with E-state index in [0.717, 1.165) is 16.9 Å². The van der Waals surface area contributed by atoms with Gasteiger partial charge in [-0.2, -0.15) is 5.10 Å².